The van der Waals surface area contributed by atoms with Crippen molar-refractivity contribution >= 4 is 17.4 Å². The summed E-state index contributed by atoms with van der Waals surface area (Å²) in [6.07, 6.45) is 5.48. The Balaban J connectivity index is 0.00000106. The fraction of sp³-hybridized carbons (Fsp3) is 0.143. The predicted octanol–water partition coefficient (Wildman–Crippen LogP) is 4.64. The van der Waals surface area contributed by atoms with Gasteiger partial charge in [0.1, 0.15) is 0 Å². The summed E-state index contributed by atoms with van der Waals surface area (Å²) in [4.78, 5) is 2.22. The molecule has 16 heavy (non-hydrogen) atoms. The van der Waals surface area contributed by atoms with Crippen molar-refractivity contribution in [1.29, 1.82) is 0 Å². The van der Waals surface area contributed by atoms with E-state index in [0.717, 1.165) is 15.5 Å². The average molecular weight is 233 g/mol. The zero-order valence-corrected chi connectivity index (χ0v) is 10.8. The Hall–Kier alpha value is -1.41. The standard InChI is InChI=1S/C12H13NS.C2H6/c1-3-5-11(4-2)14-12-8-6-10(13)7-9-12;1-2/h3-9H,1-2,13H2;1-2H3/b11-5+;. The molecule has 0 aliphatic rings. The molecule has 0 spiro atoms. The summed E-state index contributed by atoms with van der Waals surface area (Å²) in [5.41, 5.74) is 6.37. The third kappa shape index (κ3) is 5.47. The first-order chi connectivity index (χ1) is 7.76. The molecule has 1 nitrogen and oxygen atoms in total. The van der Waals surface area contributed by atoms with E-state index in [9.17, 15) is 0 Å². The van der Waals surface area contributed by atoms with Crippen LogP contribution in [0.4, 0.5) is 5.69 Å². The van der Waals surface area contributed by atoms with Gasteiger partial charge in [0, 0.05) is 15.5 Å². The molecule has 1 aromatic carbocycles. The molecule has 2 heteroatoms. The van der Waals surface area contributed by atoms with Crippen molar-refractivity contribution in [3.8, 4) is 0 Å². The normalized spacial score (nSPS) is 10.0. The second-order valence-electron chi connectivity index (χ2n) is 2.68. The van der Waals surface area contributed by atoms with E-state index in [-0.39, 0.29) is 0 Å². The molecule has 0 fully saturated rings. The summed E-state index contributed by atoms with van der Waals surface area (Å²) in [6, 6.07) is 7.74. The van der Waals surface area contributed by atoms with E-state index in [1.165, 1.54) is 0 Å². The van der Waals surface area contributed by atoms with Crippen LogP contribution < -0.4 is 5.73 Å². The molecule has 0 aromatic heterocycles. The van der Waals surface area contributed by atoms with Gasteiger partial charge in [-0.2, -0.15) is 0 Å². The molecule has 0 saturated carbocycles. The third-order valence-electron chi connectivity index (χ3n) is 1.60. The lowest BCUT2D eigenvalue weighted by Gasteiger charge is -2.01. The van der Waals surface area contributed by atoms with Gasteiger partial charge in [-0.1, -0.05) is 50.9 Å². The van der Waals surface area contributed by atoms with Crippen molar-refractivity contribution in [2.24, 2.45) is 0 Å². The maximum Gasteiger partial charge on any atom is 0.0314 e. The lowest BCUT2D eigenvalue weighted by atomic mass is 10.3. The Morgan fingerprint density at radius 1 is 1.19 bits per heavy atom. The van der Waals surface area contributed by atoms with Gasteiger partial charge in [-0.25, -0.2) is 0 Å². The minimum atomic E-state index is 0.780. The first-order valence-corrected chi connectivity index (χ1v) is 6.06. The summed E-state index contributed by atoms with van der Waals surface area (Å²) in [6.45, 7) is 11.4. The van der Waals surface area contributed by atoms with E-state index < -0.39 is 0 Å². The third-order valence-corrected chi connectivity index (χ3v) is 2.65. The van der Waals surface area contributed by atoms with Gasteiger partial charge < -0.3 is 5.73 Å². The smallest absolute Gasteiger partial charge is 0.0314 e. The summed E-state index contributed by atoms with van der Waals surface area (Å²) in [7, 11) is 0. The van der Waals surface area contributed by atoms with Crippen molar-refractivity contribution in [1.82, 2.24) is 0 Å². The molecule has 0 aliphatic carbocycles. The maximum absolute atomic E-state index is 5.59. The van der Waals surface area contributed by atoms with Crippen LogP contribution in [-0.2, 0) is 0 Å². The van der Waals surface area contributed by atoms with Crippen molar-refractivity contribution in [2.45, 2.75) is 18.7 Å². The van der Waals surface area contributed by atoms with Gasteiger partial charge in [0.2, 0.25) is 0 Å². The van der Waals surface area contributed by atoms with Crippen molar-refractivity contribution < 1.29 is 0 Å². The lowest BCUT2D eigenvalue weighted by Crippen LogP contribution is -1.82. The molecule has 1 rings (SSSR count). The largest absolute Gasteiger partial charge is 0.399 e. The van der Waals surface area contributed by atoms with E-state index in [0.29, 0.717) is 0 Å². The number of hydrogen-bond donors (Lipinski definition) is 1. The molecule has 0 heterocycles. The van der Waals surface area contributed by atoms with Crippen molar-refractivity contribution in [3.63, 3.8) is 0 Å². The Morgan fingerprint density at radius 2 is 1.75 bits per heavy atom. The van der Waals surface area contributed by atoms with Gasteiger partial charge in [-0.05, 0) is 30.3 Å². The van der Waals surface area contributed by atoms with Crippen LogP contribution in [0.25, 0.3) is 0 Å². The highest BCUT2D eigenvalue weighted by Gasteiger charge is 1.95. The van der Waals surface area contributed by atoms with Crippen LogP contribution in [0.5, 0.6) is 0 Å². The van der Waals surface area contributed by atoms with Crippen LogP contribution in [0.1, 0.15) is 13.8 Å². The van der Waals surface area contributed by atoms with Crippen LogP contribution in [0.2, 0.25) is 0 Å². The zero-order chi connectivity index (χ0) is 12.4. The molecule has 0 radical (unpaired) electrons. The first kappa shape index (κ1) is 14.6. The topological polar surface area (TPSA) is 26.0 Å². The molecule has 2 N–H and O–H groups in total. The van der Waals surface area contributed by atoms with E-state index in [4.69, 9.17) is 5.73 Å². The fourth-order valence-corrected chi connectivity index (χ4v) is 1.72. The zero-order valence-electron chi connectivity index (χ0n) is 9.94. The fourth-order valence-electron chi connectivity index (χ4n) is 0.932. The van der Waals surface area contributed by atoms with E-state index >= 15 is 0 Å². The molecule has 0 atom stereocenters. The molecular weight excluding hydrogens is 214 g/mol. The second kappa shape index (κ2) is 8.86. The Bertz CT molecular complexity index is 350. The molecular formula is C14H19NS. The Morgan fingerprint density at radius 3 is 2.19 bits per heavy atom. The second-order valence-corrected chi connectivity index (χ2v) is 3.83. The van der Waals surface area contributed by atoms with Crippen molar-refractivity contribution in [2.75, 3.05) is 5.73 Å². The molecule has 0 aliphatic heterocycles. The molecule has 86 valence electrons. The highest BCUT2D eigenvalue weighted by molar-refractivity contribution is 8.03. The number of benzene rings is 1. The monoisotopic (exact) mass is 233 g/mol. The summed E-state index contributed by atoms with van der Waals surface area (Å²) >= 11 is 1.64. The SMILES string of the molecule is C=C/C=C(\C=C)Sc1ccc(N)cc1.CC. The highest BCUT2D eigenvalue weighted by atomic mass is 32.2. The van der Waals surface area contributed by atoms with Gasteiger partial charge >= 0.3 is 0 Å². The molecule has 0 amide bonds. The number of thioether (sulfide) groups is 1. The summed E-state index contributed by atoms with van der Waals surface area (Å²) in [5, 5.41) is 0. The summed E-state index contributed by atoms with van der Waals surface area (Å²) < 4.78 is 0. The van der Waals surface area contributed by atoms with E-state index in [2.05, 4.69) is 13.2 Å². The van der Waals surface area contributed by atoms with Gasteiger partial charge in [0.25, 0.3) is 0 Å². The molecule has 0 unspecified atom stereocenters. The average Bonchev–Trinajstić information content (AvgIpc) is 2.34. The lowest BCUT2D eigenvalue weighted by molar-refractivity contribution is 1.47. The van der Waals surface area contributed by atoms with Crippen LogP contribution >= 0.6 is 11.8 Å². The number of nitrogen functional groups attached to an aromatic ring is 1. The maximum atomic E-state index is 5.59. The quantitative estimate of drug-likeness (QED) is 0.465. The molecule has 0 bridgehead atoms. The summed E-state index contributed by atoms with van der Waals surface area (Å²) in [5.74, 6) is 0. The number of rotatable bonds is 4. The van der Waals surface area contributed by atoms with E-state index in [1.807, 2.05) is 50.3 Å². The Kier molecular flexibility index (Phi) is 8.08. The number of hydrogen-bond acceptors (Lipinski definition) is 2. The van der Waals surface area contributed by atoms with E-state index in [1.54, 1.807) is 17.8 Å². The minimum Gasteiger partial charge on any atom is -0.399 e. The van der Waals surface area contributed by atoms with Gasteiger partial charge in [0.15, 0.2) is 0 Å². The van der Waals surface area contributed by atoms with Gasteiger partial charge in [-0.15, -0.1) is 0 Å². The number of anilines is 1. The predicted molar refractivity (Wildman–Crippen MR) is 76.5 cm³/mol. The van der Waals surface area contributed by atoms with Crippen LogP contribution in [0, 0.1) is 0 Å². The van der Waals surface area contributed by atoms with Crippen LogP contribution in [0.3, 0.4) is 0 Å². The number of allylic oxidation sites excluding steroid dienone is 3. The first-order valence-electron chi connectivity index (χ1n) is 5.25. The molecule has 1 aromatic rings. The van der Waals surface area contributed by atoms with Gasteiger partial charge in [-0.3, -0.25) is 0 Å². The van der Waals surface area contributed by atoms with Crippen molar-refractivity contribution in [3.05, 3.63) is 60.6 Å². The van der Waals surface area contributed by atoms with Crippen LogP contribution in [0.15, 0.2) is 65.5 Å². The highest BCUT2D eigenvalue weighted by Crippen LogP contribution is 2.27. The van der Waals surface area contributed by atoms with Crippen LogP contribution in [-0.4, -0.2) is 0 Å². The number of nitrogens with two attached hydrogens (primary N) is 1. The minimum absolute atomic E-state index is 0.780. The molecule has 0 saturated heterocycles. The Labute approximate surface area is 103 Å². The van der Waals surface area contributed by atoms with Gasteiger partial charge in [0.05, 0.1) is 0 Å².